The van der Waals surface area contributed by atoms with Gasteiger partial charge in [-0.1, -0.05) is 35.5 Å². The minimum Gasteiger partial charge on any atom is -0.452 e. The summed E-state index contributed by atoms with van der Waals surface area (Å²) in [5.74, 6) is 0.898. The lowest BCUT2D eigenvalue weighted by Gasteiger charge is -2.31. The largest absolute Gasteiger partial charge is 0.452 e. The molecule has 0 amide bonds. The van der Waals surface area contributed by atoms with Crippen molar-refractivity contribution in [1.29, 1.82) is 0 Å². The summed E-state index contributed by atoms with van der Waals surface area (Å²) in [4.78, 5) is 10.5. The number of benzene rings is 1. The first-order chi connectivity index (χ1) is 16.2. The van der Waals surface area contributed by atoms with Crippen molar-refractivity contribution >= 4 is 29.1 Å². The highest BCUT2D eigenvalue weighted by molar-refractivity contribution is 7.99. The topological polar surface area (TPSA) is 53.8 Å². The molecule has 0 spiro atoms. The van der Waals surface area contributed by atoms with Gasteiger partial charge in [-0.3, -0.25) is 9.88 Å². The number of morpholine rings is 1. The molecule has 0 aliphatic carbocycles. The summed E-state index contributed by atoms with van der Waals surface area (Å²) in [5.41, 5.74) is 2.21. The fourth-order valence-electron chi connectivity index (χ4n) is 4.30. The van der Waals surface area contributed by atoms with Crippen LogP contribution in [0.1, 0.15) is 29.1 Å². The Bertz CT molecular complexity index is 1070. The molecule has 2 fully saturated rings. The molecule has 3 aromatic rings. The lowest BCUT2D eigenvalue weighted by molar-refractivity contribution is 0.0347. The van der Waals surface area contributed by atoms with Crippen LogP contribution in [-0.4, -0.2) is 59.3 Å². The molecule has 4 heterocycles. The van der Waals surface area contributed by atoms with E-state index in [2.05, 4.69) is 63.4 Å². The highest BCUT2D eigenvalue weighted by atomic mass is 32.2. The summed E-state index contributed by atoms with van der Waals surface area (Å²) < 4.78 is 11.9. The van der Waals surface area contributed by atoms with Crippen molar-refractivity contribution in [2.75, 3.05) is 39.4 Å². The van der Waals surface area contributed by atoms with E-state index in [1.165, 1.54) is 5.56 Å². The second kappa shape index (κ2) is 10.3. The highest BCUT2D eigenvalue weighted by Gasteiger charge is 2.41. The van der Waals surface area contributed by atoms with Gasteiger partial charge in [0.25, 0.3) is 0 Å². The lowest BCUT2D eigenvalue weighted by Crippen LogP contribution is -2.42. The Balaban J connectivity index is 1.38. The number of thiocarbonyl (C=S) groups is 1. The third-order valence-corrected chi connectivity index (χ3v) is 7.37. The average Bonchev–Trinajstić information content (AvgIpc) is 3.44. The van der Waals surface area contributed by atoms with Crippen molar-refractivity contribution in [3.63, 3.8) is 0 Å². The Morgan fingerprint density at radius 1 is 1.06 bits per heavy atom. The lowest BCUT2D eigenvalue weighted by atomic mass is 10.0. The number of rotatable bonds is 7. The normalized spacial score (nSPS) is 21.4. The zero-order valence-corrected chi connectivity index (χ0v) is 20.3. The van der Waals surface area contributed by atoms with Crippen LogP contribution in [0, 0.1) is 6.92 Å². The summed E-state index contributed by atoms with van der Waals surface area (Å²) in [6.45, 7) is 7.35. The van der Waals surface area contributed by atoms with Crippen LogP contribution in [0.4, 0.5) is 0 Å². The Hall–Kier alpha value is -2.39. The smallest absolute Gasteiger partial charge is 0.170 e. The van der Waals surface area contributed by atoms with Crippen LogP contribution in [-0.2, 0) is 4.74 Å². The van der Waals surface area contributed by atoms with Crippen LogP contribution < -0.4 is 5.32 Å². The molecule has 6 nitrogen and oxygen atoms in total. The summed E-state index contributed by atoms with van der Waals surface area (Å²) in [7, 11) is 0. The van der Waals surface area contributed by atoms with Crippen molar-refractivity contribution in [3.8, 4) is 0 Å². The SMILES string of the molecule is Cc1ccc(Sc2ccc([C@@H]3[C@@H](c4ccccn4)NC(=S)N3CCN3CCOCC3)o2)cc1. The minimum absolute atomic E-state index is 0.0548. The molecule has 0 unspecified atom stereocenters. The summed E-state index contributed by atoms with van der Waals surface area (Å²) in [6.07, 6.45) is 1.83. The quantitative estimate of drug-likeness (QED) is 0.498. The van der Waals surface area contributed by atoms with Gasteiger partial charge in [0.2, 0.25) is 0 Å². The Kier molecular flexibility index (Phi) is 6.96. The molecule has 1 N–H and O–H groups in total. The number of hydrogen-bond acceptors (Lipinski definition) is 6. The third-order valence-electron chi connectivity index (χ3n) is 6.09. The van der Waals surface area contributed by atoms with E-state index >= 15 is 0 Å². The highest BCUT2D eigenvalue weighted by Crippen LogP contribution is 2.41. The van der Waals surface area contributed by atoms with Gasteiger partial charge < -0.3 is 19.4 Å². The first-order valence-electron chi connectivity index (χ1n) is 11.3. The van der Waals surface area contributed by atoms with E-state index in [-0.39, 0.29) is 12.1 Å². The number of hydrogen-bond donors (Lipinski definition) is 1. The maximum atomic E-state index is 6.38. The number of aromatic nitrogens is 1. The Labute approximate surface area is 204 Å². The number of nitrogens with zero attached hydrogens (tertiary/aromatic N) is 3. The van der Waals surface area contributed by atoms with E-state index in [0.29, 0.717) is 0 Å². The molecule has 0 radical (unpaired) electrons. The fraction of sp³-hybridized carbons (Fsp3) is 0.360. The molecule has 33 heavy (non-hydrogen) atoms. The molecule has 2 aliphatic rings. The number of furan rings is 1. The average molecular weight is 481 g/mol. The number of pyridine rings is 1. The molecule has 5 rings (SSSR count). The zero-order chi connectivity index (χ0) is 22.6. The molecular weight excluding hydrogens is 452 g/mol. The van der Waals surface area contributed by atoms with Crippen LogP contribution >= 0.6 is 24.0 Å². The second-order valence-corrected chi connectivity index (χ2v) is 9.81. The predicted molar refractivity (Wildman–Crippen MR) is 133 cm³/mol. The van der Waals surface area contributed by atoms with Crippen LogP contribution in [0.2, 0.25) is 0 Å². The third kappa shape index (κ3) is 5.24. The molecule has 2 aliphatic heterocycles. The fourth-order valence-corrected chi connectivity index (χ4v) is 5.41. The van der Waals surface area contributed by atoms with Gasteiger partial charge in [-0.2, -0.15) is 0 Å². The van der Waals surface area contributed by atoms with Crippen molar-refractivity contribution in [2.24, 2.45) is 0 Å². The van der Waals surface area contributed by atoms with Crippen LogP contribution in [0.15, 0.2) is 75.2 Å². The molecule has 172 valence electrons. The van der Waals surface area contributed by atoms with Crippen LogP contribution in [0.5, 0.6) is 0 Å². The van der Waals surface area contributed by atoms with E-state index in [0.717, 1.165) is 65.9 Å². The predicted octanol–water partition coefficient (Wildman–Crippen LogP) is 4.44. The van der Waals surface area contributed by atoms with Gasteiger partial charge in [0.15, 0.2) is 10.2 Å². The molecule has 2 aromatic heterocycles. The van der Waals surface area contributed by atoms with E-state index < -0.39 is 0 Å². The standard InChI is InChI=1S/C25H28N4O2S2/c1-18-5-7-19(8-6-18)33-22-10-9-21(31-22)24-23(20-4-2-3-11-26-20)27-25(32)29(24)13-12-28-14-16-30-17-15-28/h2-11,23-24H,12-17H2,1H3,(H,27,32)/t23-,24-/m1/s1. The molecule has 0 bridgehead atoms. The summed E-state index contributed by atoms with van der Waals surface area (Å²) in [6, 6.07) is 18.5. The van der Waals surface area contributed by atoms with Gasteiger partial charge in [0, 0.05) is 37.3 Å². The van der Waals surface area contributed by atoms with Gasteiger partial charge in [0.1, 0.15) is 11.8 Å². The monoisotopic (exact) mass is 480 g/mol. The first kappa shape index (κ1) is 22.4. The van der Waals surface area contributed by atoms with Crippen molar-refractivity contribution in [3.05, 3.63) is 77.8 Å². The minimum atomic E-state index is -0.0632. The Morgan fingerprint density at radius 3 is 2.64 bits per heavy atom. The molecular formula is C25H28N4O2S2. The summed E-state index contributed by atoms with van der Waals surface area (Å²) >= 11 is 7.42. The van der Waals surface area contributed by atoms with Crippen LogP contribution in [0.25, 0.3) is 0 Å². The second-order valence-electron chi connectivity index (χ2n) is 8.35. The van der Waals surface area contributed by atoms with Gasteiger partial charge in [0.05, 0.1) is 24.9 Å². The first-order valence-corrected chi connectivity index (χ1v) is 12.5. The maximum Gasteiger partial charge on any atom is 0.170 e. The summed E-state index contributed by atoms with van der Waals surface area (Å²) in [5, 5.41) is 5.12. The molecule has 8 heteroatoms. The number of aryl methyl sites for hydroxylation is 1. The van der Waals surface area contributed by atoms with Gasteiger partial charge in [-0.25, -0.2) is 0 Å². The molecule has 2 atom stereocenters. The molecule has 0 saturated carbocycles. The van der Waals surface area contributed by atoms with E-state index in [1.54, 1.807) is 11.8 Å². The van der Waals surface area contributed by atoms with Gasteiger partial charge in [-0.05, 0) is 55.5 Å². The van der Waals surface area contributed by atoms with Crippen molar-refractivity contribution in [1.82, 2.24) is 20.1 Å². The van der Waals surface area contributed by atoms with Gasteiger partial charge >= 0.3 is 0 Å². The maximum absolute atomic E-state index is 6.38. The molecule has 1 aromatic carbocycles. The van der Waals surface area contributed by atoms with Crippen molar-refractivity contribution in [2.45, 2.75) is 29.0 Å². The Morgan fingerprint density at radius 2 is 1.88 bits per heavy atom. The molecule has 2 saturated heterocycles. The van der Waals surface area contributed by atoms with E-state index in [9.17, 15) is 0 Å². The van der Waals surface area contributed by atoms with Gasteiger partial charge in [-0.15, -0.1) is 0 Å². The van der Waals surface area contributed by atoms with Crippen molar-refractivity contribution < 1.29 is 9.15 Å². The van der Waals surface area contributed by atoms with Crippen LogP contribution in [0.3, 0.4) is 0 Å². The number of ether oxygens (including phenoxy) is 1. The van der Waals surface area contributed by atoms with E-state index in [1.807, 2.05) is 24.4 Å². The number of nitrogens with one attached hydrogen (secondary N) is 1. The zero-order valence-electron chi connectivity index (χ0n) is 18.6. The van der Waals surface area contributed by atoms with E-state index in [4.69, 9.17) is 21.4 Å².